The first kappa shape index (κ1) is 13.4. The van der Waals surface area contributed by atoms with Crippen molar-refractivity contribution in [2.24, 2.45) is 5.84 Å². The molecule has 2 aliphatic rings. The largest absolute Gasteiger partial charge is 0.341 e. The first-order valence-electron chi connectivity index (χ1n) is 7.56. The molecule has 3 heterocycles. The molecule has 110 valence electrons. The lowest BCUT2D eigenvalue weighted by molar-refractivity contribution is 0.632. The molecule has 0 bridgehead atoms. The summed E-state index contributed by atoms with van der Waals surface area (Å²) in [5, 5.41) is 0. The third-order valence-electron chi connectivity index (χ3n) is 4.24. The van der Waals surface area contributed by atoms with E-state index in [4.69, 9.17) is 5.84 Å². The van der Waals surface area contributed by atoms with Gasteiger partial charge in [-0.1, -0.05) is 6.92 Å². The SMILES string of the molecule is CCC1CCCN1c1nc(NN)nc(N2CCCC2)n1. The average molecular weight is 277 g/mol. The van der Waals surface area contributed by atoms with Crippen molar-refractivity contribution < 1.29 is 0 Å². The summed E-state index contributed by atoms with van der Waals surface area (Å²) < 4.78 is 0. The zero-order valence-electron chi connectivity index (χ0n) is 12.0. The van der Waals surface area contributed by atoms with Crippen molar-refractivity contribution in [3.8, 4) is 0 Å². The van der Waals surface area contributed by atoms with Gasteiger partial charge < -0.3 is 9.80 Å². The van der Waals surface area contributed by atoms with Gasteiger partial charge in [0.15, 0.2) is 0 Å². The molecule has 0 radical (unpaired) electrons. The number of hydrazine groups is 1. The molecule has 20 heavy (non-hydrogen) atoms. The summed E-state index contributed by atoms with van der Waals surface area (Å²) >= 11 is 0. The van der Waals surface area contributed by atoms with Crippen LogP contribution in [-0.2, 0) is 0 Å². The number of hydrogen-bond acceptors (Lipinski definition) is 7. The zero-order chi connectivity index (χ0) is 13.9. The maximum Gasteiger partial charge on any atom is 0.243 e. The molecule has 0 aliphatic carbocycles. The van der Waals surface area contributed by atoms with E-state index in [1.54, 1.807) is 0 Å². The number of nitrogens with two attached hydrogens (primary N) is 1. The fourth-order valence-corrected chi connectivity index (χ4v) is 3.13. The molecule has 2 aliphatic heterocycles. The van der Waals surface area contributed by atoms with E-state index in [1.807, 2.05) is 0 Å². The van der Waals surface area contributed by atoms with E-state index < -0.39 is 0 Å². The van der Waals surface area contributed by atoms with Crippen LogP contribution in [0.25, 0.3) is 0 Å². The van der Waals surface area contributed by atoms with Crippen LogP contribution >= 0.6 is 0 Å². The lowest BCUT2D eigenvalue weighted by atomic mass is 10.2. The molecule has 3 N–H and O–H groups in total. The number of nitrogens with zero attached hydrogens (tertiary/aromatic N) is 5. The van der Waals surface area contributed by atoms with Gasteiger partial charge in [0.25, 0.3) is 0 Å². The van der Waals surface area contributed by atoms with Crippen molar-refractivity contribution in [2.45, 2.75) is 45.1 Å². The van der Waals surface area contributed by atoms with Crippen LogP contribution in [0.5, 0.6) is 0 Å². The van der Waals surface area contributed by atoms with Crippen LogP contribution in [0, 0.1) is 0 Å². The van der Waals surface area contributed by atoms with Crippen LogP contribution < -0.4 is 21.1 Å². The third-order valence-corrected chi connectivity index (χ3v) is 4.24. The molecular weight excluding hydrogens is 254 g/mol. The van der Waals surface area contributed by atoms with Gasteiger partial charge in [-0.2, -0.15) is 15.0 Å². The van der Waals surface area contributed by atoms with Gasteiger partial charge in [0.2, 0.25) is 17.8 Å². The number of hydrogen-bond donors (Lipinski definition) is 2. The highest BCUT2D eigenvalue weighted by Gasteiger charge is 2.27. The van der Waals surface area contributed by atoms with Gasteiger partial charge in [-0.25, -0.2) is 5.84 Å². The van der Waals surface area contributed by atoms with Gasteiger partial charge >= 0.3 is 0 Å². The maximum atomic E-state index is 5.51. The first-order valence-corrected chi connectivity index (χ1v) is 7.56. The van der Waals surface area contributed by atoms with Crippen molar-refractivity contribution >= 4 is 17.8 Å². The number of aromatic nitrogens is 3. The minimum absolute atomic E-state index is 0.457. The van der Waals surface area contributed by atoms with Gasteiger partial charge in [-0.15, -0.1) is 0 Å². The smallest absolute Gasteiger partial charge is 0.243 e. The van der Waals surface area contributed by atoms with Crippen LogP contribution in [0.2, 0.25) is 0 Å². The molecule has 1 unspecified atom stereocenters. The van der Waals surface area contributed by atoms with Crippen LogP contribution in [-0.4, -0.2) is 40.6 Å². The summed E-state index contributed by atoms with van der Waals surface area (Å²) in [4.78, 5) is 18.0. The van der Waals surface area contributed by atoms with Crippen molar-refractivity contribution in [1.29, 1.82) is 0 Å². The van der Waals surface area contributed by atoms with Crippen molar-refractivity contribution in [3.63, 3.8) is 0 Å². The predicted octanol–water partition coefficient (Wildman–Crippen LogP) is 1.14. The predicted molar refractivity (Wildman–Crippen MR) is 79.7 cm³/mol. The molecule has 7 nitrogen and oxygen atoms in total. The quantitative estimate of drug-likeness (QED) is 0.630. The normalized spacial score (nSPS) is 22.6. The Morgan fingerprint density at radius 2 is 1.85 bits per heavy atom. The summed E-state index contributed by atoms with van der Waals surface area (Å²) in [7, 11) is 0. The van der Waals surface area contributed by atoms with E-state index >= 15 is 0 Å². The van der Waals surface area contributed by atoms with Crippen LogP contribution in [0.4, 0.5) is 17.8 Å². The summed E-state index contributed by atoms with van der Waals surface area (Å²) in [5.41, 5.74) is 2.57. The molecule has 0 spiro atoms. The van der Waals surface area contributed by atoms with E-state index in [9.17, 15) is 0 Å². The standard InChI is InChI=1S/C13H23N7/c1-2-10-6-5-9-20(10)13-16-11(18-14)15-12(17-13)19-7-3-4-8-19/h10H,2-9,14H2,1H3,(H,15,16,17,18). The molecule has 0 amide bonds. The Bertz CT molecular complexity index is 458. The lowest BCUT2D eigenvalue weighted by Crippen LogP contribution is -2.32. The first-order chi connectivity index (χ1) is 9.81. The van der Waals surface area contributed by atoms with E-state index in [1.165, 1.54) is 25.7 Å². The summed E-state index contributed by atoms with van der Waals surface area (Å²) in [6.45, 7) is 5.27. The number of rotatable bonds is 4. The molecule has 1 aromatic rings. The highest BCUT2D eigenvalue weighted by atomic mass is 15.4. The van der Waals surface area contributed by atoms with Crippen molar-refractivity contribution in [3.05, 3.63) is 0 Å². The fourth-order valence-electron chi connectivity index (χ4n) is 3.13. The second-order valence-electron chi connectivity index (χ2n) is 5.50. The molecule has 2 fully saturated rings. The van der Waals surface area contributed by atoms with Gasteiger partial charge in [0.1, 0.15) is 0 Å². The molecule has 1 atom stereocenters. The third kappa shape index (κ3) is 2.49. The van der Waals surface area contributed by atoms with Crippen molar-refractivity contribution in [1.82, 2.24) is 15.0 Å². The minimum atomic E-state index is 0.457. The van der Waals surface area contributed by atoms with Crippen molar-refractivity contribution in [2.75, 3.05) is 34.9 Å². The number of nitrogens with one attached hydrogen (secondary N) is 1. The van der Waals surface area contributed by atoms with E-state index in [-0.39, 0.29) is 0 Å². The highest BCUT2D eigenvalue weighted by molar-refractivity contribution is 5.46. The fraction of sp³-hybridized carbons (Fsp3) is 0.769. The second-order valence-corrected chi connectivity index (χ2v) is 5.50. The summed E-state index contributed by atoms with van der Waals surface area (Å²) in [6.07, 6.45) is 5.94. The topological polar surface area (TPSA) is 83.2 Å². The highest BCUT2D eigenvalue weighted by Crippen LogP contribution is 2.27. The van der Waals surface area contributed by atoms with E-state index in [0.29, 0.717) is 12.0 Å². The Labute approximate surface area is 119 Å². The Kier molecular flexibility index (Phi) is 3.86. The van der Waals surface area contributed by atoms with Gasteiger partial charge in [0, 0.05) is 25.7 Å². The average Bonchev–Trinajstić information content (AvgIpc) is 3.17. The van der Waals surface area contributed by atoms with Crippen LogP contribution in [0.1, 0.15) is 39.0 Å². The minimum Gasteiger partial charge on any atom is -0.341 e. The Hall–Kier alpha value is -1.63. The van der Waals surface area contributed by atoms with E-state index in [2.05, 4.69) is 37.1 Å². The molecule has 2 saturated heterocycles. The number of anilines is 3. The zero-order valence-corrected chi connectivity index (χ0v) is 12.0. The molecule has 7 heteroatoms. The van der Waals surface area contributed by atoms with Crippen LogP contribution in [0.15, 0.2) is 0 Å². The van der Waals surface area contributed by atoms with Gasteiger partial charge in [-0.05, 0) is 32.1 Å². The monoisotopic (exact) mass is 277 g/mol. The molecular formula is C13H23N7. The molecule has 0 aromatic carbocycles. The molecule has 1 aromatic heterocycles. The van der Waals surface area contributed by atoms with Crippen LogP contribution in [0.3, 0.4) is 0 Å². The Morgan fingerprint density at radius 1 is 1.10 bits per heavy atom. The van der Waals surface area contributed by atoms with Gasteiger partial charge in [-0.3, -0.25) is 5.43 Å². The Balaban J connectivity index is 1.91. The van der Waals surface area contributed by atoms with E-state index in [0.717, 1.165) is 38.0 Å². The molecule has 3 rings (SSSR count). The lowest BCUT2D eigenvalue weighted by Gasteiger charge is -2.25. The Morgan fingerprint density at radius 3 is 2.55 bits per heavy atom. The summed E-state index contributed by atoms with van der Waals surface area (Å²) in [5.74, 6) is 7.48. The second kappa shape index (κ2) is 5.78. The van der Waals surface area contributed by atoms with Gasteiger partial charge in [0.05, 0.1) is 0 Å². The maximum absolute atomic E-state index is 5.51. The number of nitrogen functional groups attached to an aromatic ring is 1. The molecule has 0 saturated carbocycles. The summed E-state index contributed by atoms with van der Waals surface area (Å²) in [6, 6.07) is 0.537.